The molecule has 0 radical (unpaired) electrons. The summed E-state index contributed by atoms with van der Waals surface area (Å²) < 4.78 is 10.3. The molecule has 118 valence electrons. The number of nitriles is 1. The van der Waals surface area contributed by atoms with Crippen LogP contribution in [0.5, 0.6) is 5.75 Å². The Kier molecular flexibility index (Phi) is 5.75. The van der Waals surface area contributed by atoms with Gasteiger partial charge in [-0.25, -0.2) is 9.59 Å². The maximum atomic E-state index is 11.6. The van der Waals surface area contributed by atoms with Crippen molar-refractivity contribution in [3.05, 3.63) is 29.8 Å². The quantitative estimate of drug-likeness (QED) is 0.860. The number of carboxylic acids is 1. The molecular weight excluding hydrogens is 288 g/mol. The van der Waals surface area contributed by atoms with E-state index in [4.69, 9.17) is 19.8 Å². The first kappa shape index (κ1) is 17.3. The SMILES string of the molecule is CC(C)(C)OC(=O)NC(COc1cccc(C#N)c1)C(=O)O. The molecule has 0 aromatic heterocycles. The van der Waals surface area contributed by atoms with Gasteiger partial charge in [-0.05, 0) is 39.0 Å². The molecule has 1 amide bonds. The first-order valence-electron chi connectivity index (χ1n) is 6.56. The summed E-state index contributed by atoms with van der Waals surface area (Å²) in [7, 11) is 0. The van der Waals surface area contributed by atoms with Crippen LogP contribution in [0.15, 0.2) is 24.3 Å². The van der Waals surface area contributed by atoms with Crippen molar-refractivity contribution in [2.75, 3.05) is 6.61 Å². The van der Waals surface area contributed by atoms with Gasteiger partial charge in [0.1, 0.15) is 18.0 Å². The number of ether oxygens (including phenoxy) is 2. The van der Waals surface area contributed by atoms with E-state index >= 15 is 0 Å². The third-order valence-corrected chi connectivity index (χ3v) is 2.37. The van der Waals surface area contributed by atoms with E-state index in [1.54, 1.807) is 39.0 Å². The monoisotopic (exact) mass is 306 g/mol. The number of hydrogen-bond donors (Lipinski definition) is 2. The Morgan fingerprint density at radius 1 is 1.41 bits per heavy atom. The van der Waals surface area contributed by atoms with Crippen molar-refractivity contribution in [3.8, 4) is 11.8 Å². The molecule has 7 heteroatoms. The van der Waals surface area contributed by atoms with Gasteiger partial charge in [-0.2, -0.15) is 5.26 Å². The summed E-state index contributed by atoms with van der Waals surface area (Å²) in [5, 5.41) is 20.1. The van der Waals surface area contributed by atoms with Crippen LogP contribution in [0.25, 0.3) is 0 Å². The molecule has 0 spiro atoms. The fourth-order valence-corrected chi connectivity index (χ4v) is 1.46. The molecule has 0 aliphatic carbocycles. The van der Waals surface area contributed by atoms with Gasteiger partial charge in [0.2, 0.25) is 0 Å². The van der Waals surface area contributed by atoms with Crippen molar-refractivity contribution in [1.82, 2.24) is 5.32 Å². The largest absolute Gasteiger partial charge is 0.491 e. The number of carbonyl (C=O) groups is 2. The highest BCUT2D eigenvalue weighted by Crippen LogP contribution is 2.13. The number of alkyl carbamates (subject to hydrolysis) is 1. The standard InChI is InChI=1S/C15H18N2O5/c1-15(2,3)22-14(20)17-12(13(18)19)9-21-11-6-4-5-10(7-11)8-16/h4-7,12H,9H2,1-3H3,(H,17,20)(H,18,19). The fraction of sp³-hybridized carbons (Fsp3) is 0.400. The summed E-state index contributed by atoms with van der Waals surface area (Å²) >= 11 is 0. The minimum absolute atomic E-state index is 0.288. The van der Waals surface area contributed by atoms with Gasteiger partial charge in [0, 0.05) is 0 Å². The molecule has 1 aromatic rings. The van der Waals surface area contributed by atoms with Gasteiger partial charge < -0.3 is 19.9 Å². The van der Waals surface area contributed by atoms with Gasteiger partial charge in [0.15, 0.2) is 6.04 Å². The highest BCUT2D eigenvalue weighted by atomic mass is 16.6. The molecular formula is C15H18N2O5. The number of benzene rings is 1. The lowest BCUT2D eigenvalue weighted by atomic mass is 10.2. The van der Waals surface area contributed by atoms with E-state index in [0.29, 0.717) is 11.3 Å². The number of rotatable bonds is 5. The van der Waals surface area contributed by atoms with Crippen LogP contribution < -0.4 is 10.1 Å². The average molecular weight is 306 g/mol. The zero-order valence-electron chi connectivity index (χ0n) is 12.6. The maximum Gasteiger partial charge on any atom is 0.408 e. The lowest BCUT2D eigenvalue weighted by Crippen LogP contribution is -2.46. The second kappa shape index (κ2) is 7.31. The van der Waals surface area contributed by atoms with Gasteiger partial charge in [-0.1, -0.05) is 6.07 Å². The number of carbonyl (C=O) groups excluding carboxylic acids is 1. The fourth-order valence-electron chi connectivity index (χ4n) is 1.46. The first-order chi connectivity index (χ1) is 10.2. The Labute approximate surface area is 128 Å². The molecule has 0 aliphatic heterocycles. The highest BCUT2D eigenvalue weighted by Gasteiger charge is 2.24. The second-order valence-corrected chi connectivity index (χ2v) is 5.49. The van der Waals surface area contributed by atoms with Gasteiger partial charge in [0.25, 0.3) is 0 Å². The lowest BCUT2D eigenvalue weighted by Gasteiger charge is -2.22. The molecule has 7 nitrogen and oxygen atoms in total. The van der Waals surface area contributed by atoms with Crippen LogP contribution in [0.3, 0.4) is 0 Å². The molecule has 0 bridgehead atoms. The zero-order valence-corrected chi connectivity index (χ0v) is 12.6. The molecule has 2 N–H and O–H groups in total. The number of amides is 1. The smallest absolute Gasteiger partial charge is 0.408 e. The summed E-state index contributed by atoms with van der Waals surface area (Å²) in [4.78, 5) is 22.7. The molecule has 1 aromatic carbocycles. The van der Waals surface area contributed by atoms with Crippen LogP contribution in [0.4, 0.5) is 4.79 Å². The second-order valence-electron chi connectivity index (χ2n) is 5.49. The third kappa shape index (κ3) is 6.13. The van der Waals surface area contributed by atoms with Crippen molar-refractivity contribution in [2.24, 2.45) is 0 Å². The van der Waals surface area contributed by atoms with Crippen LogP contribution in [-0.4, -0.2) is 35.4 Å². The molecule has 0 saturated carbocycles. The van der Waals surface area contributed by atoms with Crippen molar-refractivity contribution in [3.63, 3.8) is 0 Å². The number of carboxylic acid groups (broad SMARTS) is 1. The zero-order chi connectivity index (χ0) is 16.8. The highest BCUT2D eigenvalue weighted by molar-refractivity contribution is 5.80. The number of hydrogen-bond acceptors (Lipinski definition) is 5. The number of nitrogens with zero attached hydrogens (tertiary/aromatic N) is 1. The molecule has 1 atom stereocenters. The summed E-state index contributed by atoms with van der Waals surface area (Å²) in [6.45, 7) is 4.73. The van der Waals surface area contributed by atoms with E-state index < -0.39 is 23.7 Å². The molecule has 0 heterocycles. The van der Waals surface area contributed by atoms with E-state index in [0.717, 1.165) is 0 Å². The Balaban J connectivity index is 2.63. The van der Waals surface area contributed by atoms with Crippen LogP contribution in [-0.2, 0) is 9.53 Å². The van der Waals surface area contributed by atoms with Crippen LogP contribution >= 0.6 is 0 Å². The number of nitrogens with one attached hydrogen (secondary N) is 1. The molecule has 22 heavy (non-hydrogen) atoms. The van der Waals surface area contributed by atoms with E-state index in [2.05, 4.69) is 5.32 Å². The summed E-state index contributed by atoms with van der Waals surface area (Å²) in [6.07, 6.45) is -0.839. The van der Waals surface area contributed by atoms with Crippen molar-refractivity contribution in [1.29, 1.82) is 5.26 Å². The minimum Gasteiger partial charge on any atom is -0.491 e. The van der Waals surface area contributed by atoms with Crippen molar-refractivity contribution >= 4 is 12.1 Å². The van der Waals surface area contributed by atoms with Crippen molar-refractivity contribution in [2.45, 2.75) is 32.4 Å². The van der Waals surface area contributed by atoms with Gasteiger partial charge >= 0.3 is 12.1 Å². The topological polar surface area (TPSA) is 109 Å². The van der Waals surface area contributed by atoms with E-state index in [1.165, 1.54) is 6.07 Å². The van der Waals surface area contributed by atoms with Gasteiger partial charge in [-0.15, -0.1) is 0 Å². The van der Waals surface area contributed by atoms with Crippen LogP contribution in [0.1, 0.15) is 26.3 Å². The van der Waals surface area contributed by atoms with Gasteiger partial charge in [0.05, 0.1) is 11.6 Å². The van der Waals surface area contributed by atoms with Gasteiger partial charge in [-0.3, -0.25) is 0 Å². The maximum absolute atomic E-state index is 11.6. The molecule has 0 fully saturated rings. The molecule has 1 rings (SSSR count). The first-order valence-corrected chi connectivity index (χ1v) is 6.56. The molecule has 0 saturated heterocycles. The van der Waals surface area contributed by atoms with Crippen molar-refractivity contribution < 1.29 is 24.2 Å². The normalized spacial score (nSPS) is 11.9. The van der Waals surface area contributed by atoms with Crippen LogP contribution in [0.2, 0.25) is 0 Å². The Bertz CT molecular complexity index is 586. The predicted octanol–water partition coefficient (Wildman–Crippen LogP) is 1.91. The third-order valence-electron chi connectivity index (χ3n) is 2.37. The predicted molar refractivity (Wildman–Crippen MR) is 77.4 cm³/mol. The van der Waals surface area contributed by atoms with Crippen LogP contribution in [0, 0.1) is 11.3 Å². The van der Waals surface area contributed by atoms with E-state index in [9.17, 15) is 9.59 Å². The molecule has 1 unspecified atom stereocenters. The summed E-state index contributed by atoms with van der Waals surface area (Å²) in [5.41, 5.74) is -0.334. The van der Waals surface area contributed by atoms with E-state index in [1.807, 2.05) is 6.07 Å². The minimum atomic E-state index is -1.26. The Hall–Kier alpha value is -2.75. The van der Waals surface area contributed by atoms with E-state index in [-0.39, 0.29) is 6.61 Å². The average Bonchev–Trinajstić information content (AvgIpc) is 2.41. The summed E-state index contributed by atoms with van der Waals surface area (Å²) in [5.74, 6) is -0.904. The Morgan fingerprint density at radius 2 is 2.09 bits per heavy atom. The molecule has 0 aliphatic rings. The number of aliphatic carboxylic acids is 1. The Morgan fingerprint density at radius 3 is 2.64 bits per heavy atom. The summed E-state index contributed by atoms with van der Waals surface area (Å²) in [6, 6.07) is 6.97. The lowest BCUT2D eigenvalue weighted by molar-refractivity contribution is -0.140.